The van der Waals surface area contributed by atoms with Gasteiger partial charge in [-0.25, -0.2) is 4.79 Å². The first-order valence-electron chi connectivity index (χ1n) is 9.83. The van der Waals surface area contributed by atoms with Crippen molar-refractivity contribution in [1.82, 2.24) is 4.90 Å². The van der Waals surface area contributed by atoms with Crippen LogP contribution in [0.1, 0.15) is 44.0 Å². The van der Waals surface area contributed by atoms with Crippen molar-refractivity contribution in [3.8, 4) is 0 Å². The van der Waals surface area contributed by atoms with Crippen molar-refractivity contribution in [2.75, 3.05) is 19.8 Å². The van der Waals surface area contributed by atoms with Gasteiger partial charge in [-0.3, -0.25) is 14.4 Å². The number of carbonyl (C=O) groups excluding carboxylic acids is 4. The molecule has 29 heavy (non-hydrogen) atoms. The predicted octanol–water partition coefficient (Wildman–Crippen LogP) is 1.97. The number of benzene rings is 1. The fourth-order valence-corrected chi connectivity index (χ4v) is 3.53. The number of rotatable bonds is 8. The van der Waals surface area contributed by atoms with Crippen LogP contribution >= 0.6 is 0 Å². The van der Waals surface area contributed by atoms with E-state index in [0.29, 0.717) is 5.56 Å². The van der Waals surface area contributed by atoms with Gasteiger partial charge in [-0.2, -0.15) is 0 Å². The standard InChI is InChI=1S/C21H27NO7/c1-4-27-19(24)16-13-12-15(17(20(25)28-5-2)21(26)29-6-3)22(16)18(23)14-10-8-7-9-11-14/h7-11,15-17H,4-6,12-13H2,1-3H3/t15-,16+/m1/s1. The first kappa shape index (κ1) is 22.4. The van der Waals surface area contributed by atoms with E-state index in [1.54, 1.807) is 51.1 Å². The summed E-state index contributed by atoms with van der Waals surface area (Å²) in [5, 5.41) is 0. The molecule has 1 fully saturated rings. The summed E-state index contributed by atoms with van der Waals surface area (Å²) in [5.41, 5.74) is 0.347. The molecule has 0 unspecified atom stereocenters. The van der Waals surface area contributed by atoms with E-state index in [9.17, 15) is 19.2 Å². The SMILES string of the molecule is CCOC(=O)C(C(=O)OCC)[C@H]1CC[C@@H](C(=O)OCC)N1C(=O)c1ccccc1. The van der Waals surface area contributed by atoms with Crippen molar-refractivity contribution >= 4 is 23.8 Å². The molecule has 1 aromatic carbocycles. The van der Waals surface area contributed by atoms with Gasteiger partial charge >= 0.3 is 17.9 Å². The Morgan fingerprint density at radius 1 is 0.897 bits per heavy atom. The van der Waals surface area contributed by atoms with Crippen molar-refractivity contribution < 1.29 is 33.4 Å². The van der Waals surface area contributed by atoms with E-state index < -0.39 is 41.8 Å². The Bertz CT molecular complexity index is 716. The van der Waals surface area contributed by atoms with E-state index in [4.69, 9.17) is 14.2 Å². The van der Waals surface area contributed by atoms with Crippen molar-refractivity contribution in [2.24, 2.45) is 5.92 Å². The smallest absolute Gasteiger partial charge is 0.328 e. The topological polar surface area (TPSA) is 99.2 Å². The van der Waals surface area contributed by atoms with E-state index in [0.717, 1.165) is 0 Å². The summed E-state index contributed by atoms with van der Waals surface area (Å²) < 4.78 is 15.3. The number of esters is 3. The molecule has 1 aliphatic heterocycles. The monoisotopic (exact) mass is 405 g/mol. The molecule has 2 rings (SSSR count). The highest BCUT2D eigenvalue weighted by Crippen LogP contribution is 2.33. The van der Waals surface area contributed by atoms with Gasteiger partial charge in [0.15, 0.2) is 5.92 Å². The Balaban J connectivity index is 2.45. The molecule has 0 aromatic heterocycles. The lowest BCUT2D eigenvalue weighted by Crippen LogP contribution is -2.52. The van der Waals surface area contributed by atoms with Crippen LogP contribution in [0.4, 0.5) is 0 Å². The molecular formula is C21H27NO7. The summed E-state index contributed by atoms with van der Waals surface area (Å²) in [7, 11) is 0. The van der Waals surface area contributed by atoms with Gasteiger partial charge in [0.05, 0.1) is 25.9 Å². The number of hydrogen-bond acceptors (Lipinski definition) is 7. The van der Waals surface area contributed by atoms with Crippen molar-refractivity contribution in [3.63, 3.8) is 0 Å². The van der Waals surface area contributed by atoms with Gasteiger partial charge in [0, 0.05) is 5.56 Å². The van der Waals surface area contributed by atoms with Gasteiger partial charge in [0.1, 0.15) is 6.04 Å². The second-order valence-corrected chi connectivity index (χ2v) is 6.47. The predicted molar refractivity (Wildman–Crippen MR) is 103 cm³/mol. The first-order valence-corrected chi connectivity index (χ1v) is 9.83. The van der Waals surface area contributed by atoms with E-state index in [-0.39, 0.29) is 32.7 Å². The molecule has 0 spiro atoms. The Hall–Kier alpha value is -2.90. The summed E-state index contributed by atoms with van der Waals surface area (Å²) >= 11 is 0. The maximum Gasteiger partial charge on any atom is 0.328 e. The average molecular weight is 405 g/mol. The summed E-state index contributed by atoms with van der Waals surface area (Å²) in [6.07, 6.45) is 0.543. The fourth-order valence-electron chi connectivity index (χ4n) is 3.53. The molecule has 1 aromatic rings. The maximum atomic E-state index is 13.3. The normalized spacial score (nSPS) is 18.4. The van der Waals surface area contributed by atoms with Gasteiger partial charge in [0.2, 0.25) is 0 Å². The lowest BCUT2D eigenvalue weighted by atomic mass is 9.97. The van der Waals surface area contributed by atoms with Crippen LogP contribution in [0.2, 0.25) is 0 Å². The zero-order valence-corrected chi connectivity index (χ0v) is 17.0. The number of hydrogen-bond donors (Lipinski definition) is 0. The highest BCUT2D eigenvalue weighted by molar-refractivity contribution is 6.00. The Morgan fingerprint density at radius 3 is 1.97 bits per heavy atom. The zero-order valence-electron chi connectivity index (χ0n) is 17.0. The molecule has 0 bridgehead atoms. The van der Waals surface area contributed by atoms with Gasteiger partial charge in [0.25, 0.3) is 5.91 Å². The maximum absolute atomic E-state index is 13.3. The second kappa shape index (κ2) is 10.6. The summed E-state index contributed by atoms with van der Waals surface area (Å²) in [4.78, 5) is 52.2. The molecular weight excluding hydrogens is 378 g/mol. The minimum absolute atomic E-state index is 0.0788. The molecule has 8 nitrogen and oxygen atoms in total. The molecule has 1 heterocycles. The van der Waals surface area contributed by atoms with Gasteiger partial charge < -0.3 is 19.1 Å². The fraction of sp³-hybridized carbons (Fsp3) is 0.524. The van der Waals surface area contributed by atoms with Crippen molar-refractivity contribution in [1.29, 1.82) is 0 Å². The van der Waals surface area contributed by atoms with Crippen LogP contribution in [-0.2, 0) is 28.6 Å². The second-order valence-electron chi connectivity index (χ2n) is 6.47. The molecule has 1 aliphatic rings. The van der Waals surface area contributed by atoms with Crippen LogP contribution in [-0.4, -0.2) is 60.6 Å². The molecule has 0 radical (unpaired) electrons. The van der Waals surface area contributed by atoms with Crippen molar-refractivity contribution in [3.05, 3.63) is 35.9 Å². The third kappa shape index (κ3) is 5.13. The quantitative estimate of drug-likeness (QED) is 0.370. The van der Waals surface area contributed by atoms with E-state index >= 15 is 0 Å². The zero-order chi connectivity index (χ0) is 21.4. The number of ether oxygens (including phenoxy) is 3. The van der Waals surface area contributed by atoms with E-state index in [2.05, 4.69) is 0 Å². The van der Waals surface area contributed by atoms with Crippen LogP contribution in [0.15, 0.2) is 30.3 Å². The minimum atomic E-state index is -1.33. The average Bonchev–Trinajstić information content (AvgIpc) is 3.13. The lowest BCUT2D eigenvalue weighted by molar-refractivity contribution is -0.165. The molecule has 1 amide bonds. The number of likely N-dealkylation sites (tertiary alicyclic amines) is 1. The van der Waals surface area contributed by atoms with Gasteiger partial charge in [-0.15, -0.1) is 0 Å². The Kier molecular flexibility index (Phi) is 8.18. The van der Waals surface area contributed by atoms with Crippen LogP contribution in [0.5, 0.6) is 0 Å². The number of nitrogens with zero attached hydrogens (tertiary/aromatic N) is 1. The van der Waals surface area contributed by atoms with Gasteiger partial charge in [-0.1, -0.05) is 18.2 Å². The third-order valence-corrected chi connectivity index (χ3v) is 4.71. The first-order chi connectivity index (χ1) is 14.0. The molecule has 8 heteroatoms. The molecule has 0 N–H and O–H groups in total. The summed E-state index contributed by atoms with van der Waals surface area (Å²) in [6.45, 7) is 5.25. The number of amides is 1. The molecule has 158 valence electrons. The third-order valence-electron chi connectivity index (χ3n) is 4.71. The minimum Gasteiger partial charge on any atom is -0.465 e. The van der Waals surface area contributed by atoms with E-state index in [1.165, 1.54) is 4.90 Å². The lowest BCUT2D eigenvalue weighted by Gasteiger charge is -2.32. The summed E-state index contributed by atoms with van der Waals surface area (Å²) in [6, 6.07) is 6.64. The van der Waals surface area contributed by atoms with Crippen LogP contribution in [0.3, 0.4) is 0 Å². The highest BCUT2D eigenvalue weighted by Gasteiger charge is 2.50. The van der Waals surface area contributed by atoms with Crippen LogP contribution < -0.4 is 0 Å². The van der Waals surface area contributed by atoms with Crippen molar-refractivity contribution in [2.45, 2.75) is 45.7 Å². The Labute approximate surface area is 170 Å². The molecule has 0 saturated carbocycles. The molecule has 0 aliphatic carbocycles. The molecule has 1 saturated heterocycles. The summed E-state index contributed by atoms with van der Waals surface area (Å²) in [5.74, 6) is -3.89. The number of carbonyl (C=O) groups is 4. The van der Waals surface area contributed by atoms with E-state index in [1.807, 2.05) is 0 Å². The largest absolute Gasteiger partial charge is 0.465 e. The molecule has 2 atom stereocenters. The van der Waals surface area contributed by atoms with Crippen LogP contribution in [0, 0.1) is 5.92 Å². The highest BCUT2D eigenvalue weighted by atomic mass is 16.6. The Morgan fingerprint density at radius 2 is 1.45 bits per heavy atom. The van der Waals surface area contributed by atoms with Gasteiger partial charge in [-0.05, 0) is 45.7 Å². The van der Waals surface area contributed by atoms with Crippen LogP contribution in [0.25, 0.3) is 0 Å².